The number of hydrazine groups is 1. The molecule has 6 heterocycles. The number of rotatable bonds is 7. The van der Waals surface area contributed by atoms with E-state index in [0.717, 1.165) is 69.3 Å². The predicted molar refractivity (Wildman–Crippen MR) is 168 cm³/mol. The summed E-state index contributed by atoms with van der Waals surface area (Å²) in [5.41, 5.74) is 15.9. The van der Waals surface area contributed by atoms with Gasteiger partial charge in [0.25, 0.3) is 0 Å². The van der Waals surface area contributed by atoms with E-state index >= 15 is 0 Å². The van der Waals surface area contributed by atoms with E-state index in [2.05, 4.69) is 41.9 Å². The Kier molecular flexibility index (Phi) is 9.56. The molecule has 1 saturated carbocycles. The lowest BCUT2D eigenvalue weighted by Gasteiger charge is -2.49. The Bertz CT molecular complexity index is 1060. The summed E-state index contributed by atoms with van der Waals surface area (Å²) in [7, 11) is 0. The maximum atomic E-state index is 13.1. The third kappa shape index (κ3) is 6.37. The van der Waals surface area contributed by atoms with Crippen molar-refractivity contribution >= 4 is 35.2 Å². The SMILES string of the molecule is NC(=O)C1C(NC2CCC(C3CSC4C(=O)C=C(N5CCOCC5)SC43)NC2)NC(N[C@H]2CCCC[C@H]2N)N2NCNC12. The molecule has 7 aliphatic rings. The highest BCUT2D eigenvalue weighted by Gasteiger charge is 2.50. The van der Waals surface area contributed by atoms with Crippen LogP contribution in [0.4, 0.5) is 0 Å². The summed E-state index contributed by atoms with van der Waals surface area (Å²) in [6.45, 7) is 4.54. The number of carbonyl (C=O) groups excluding carboxylic acids is 2. The van der Waals surface area contributed by atoms with Crippen molar-refractivity contribution in [2.24, 2.45) is 23.3 Å². The standard InChI is InChI=1S/C28H48N10O3S2/c29-17-3-1-2-4-19(17)35-28-36-26(22(25(30)40)27-32-14-33-38(27)28)34-15-5-6-18(31-12-15)16-13-42-24-20(39)11-21(43-23(16)24)37-7-9-41-10-8-37/h11,15-19,22-24,26-28,31-36H,1-10,12-14,29H2,(H2,30,40)/t15?,16?,17-,18?,19+,22?,23?,24?,26?,27?,28?/m1/s1. The van der Waals surface area contributed by atoms with Crippen molar-refractivity contribution in [2.75, 3.05) is 45.3 Å². The quantitative estimate of drug-likeness (QED) is 0.157. The van der Waals surface area contributed by atoms with Gasteiger partial charge in [-0.1, -0.05) is 12.8 Å². The van der Waals surface area contributed by atoms with Gasteiger partial charge in [-0.3, -0.25) is 30.9 Å². The number of allylic oxidation sites excluding steroid dienone is 1. The Morgan fingerprint density at radius 2 is 1.93 bits per heavy atom. The number of nitrogens with two attached hydrogens (primary N) is 2. The minimum Gasteiger partial charge on any atom is -0.378 e. The zero-order valence-corrected chi connectivity index (χ0v) is 26.3. The van der Waals surface area contributed by atoms with Gasteiger partial charge in [-0.2, -0.15) is 5.01 Å². The maximum Gasteiger partial charge on any atom is 0.226 e. The number of fused-ring (bicyclic) bond motifs is 2. The molecule has 0 aromatic carbocycles. The maximum absolute atomic E-state index is 13.1. The van der Waals surface area contributed by atoms with Gasteiger partial charge in [0.15, 0.2) is 5.78 Å². The Hall–Kier alpha value is -0.980. The fourth-order valence-corrected chi connectivity index (χ4v) is 11.6. The highest BCUT2D eigenvalue weighted by Crippen LogP contribution is 2.48. The summed E-state index contributed by atoms with van der Waals surface area (Å²) in [6, 6.07) is 0.905. The summed E-state index contributed by atoms with van der Waals surface area (Å²) in [4.78, 5) is 28.2. The molecular formula is C28H48N10O3S2. The molecule has 43 heavy (non-hydrogen) atoms. The Morgan fingerprint density at radius 3 is 2.70 bits per heavy atom. The van der Waals surface area contributed by atoms with Gasteiger partial charge < -0.3 is 26.4 Å². The zero-order chi connectivity index (χ0) is 29.5. The number of morpholine rings is 1. The second kappa shape index (κ2) is 13.4. The lowest BCUT2D eigenvalue weighted by Crippen LogP contribution is -2.77. The smallest absolute Gasteiger partial charge is 0.226 e. The van der Waals surface area contributed by atoms with Gasteiger partial charge in [0, 0.05) is 55.1 Å². The van der Waals surface area contributed by atoms with E-state index in [4.69, 9.17) is 16.2 Å². The van der Waals surface area contributed by atoms with Gasteiger partial charge >= 0.3 is 0 Å². The van der Waals surface area contributed by atoms with Gasteiger partial charge in [-0.05, 0) is 37.4 Å². The Morgan fingerprint density at radius 1 is 1.09 bits per heavy atom. The summed E-state index contributed by atoms with van der Waals surface area (Å²) in [5.74, 6) is 0.942. The zero-order valence-electron chi connectivity index (χ0n) is 24.7. The number of thioether (sulfide) groups is 2. The number of primary amides is 1. The summed E-state index contributed by atoms with van der Waals surface area (Å²) in [6.07, 6.45) is 7.63. The topological polar surface area (TPSA) is 174 Å². The van der Waals surface area contributed by atoms with Crippen LogP contribution in [0.1, 0.15) is 38.5 Å². The number of piperidine rings is 1. The molecule has 15 heteroatoms. The molecule has 0 aromatic rings. The van der Waals surface area contributed by atoms with Crippen LogP contribution in [0.15, 0.2) is 11.1 Å². The fraction of sp³-hybridized carbons (Fsp3) is 0.857. The van der Waals surface area contributed by atoms with E-state index in [1.807, 2.05) is 29.6 Å². The number of ketones is 1. The van der Waals surface area contributed by atoms with Crippen molar-refractivity contribution in [3.63, 3.8) is 0 Å². The van der Waals surface area contributed by atoms with Crippen LogP contribution in [0.3, 0.4) is 0 Å². The molecule has 9 unspecified atom stereocenters. The van der Waals surface area contributed by atoms with Crippen LogP contribution in [0.5, 0.6) is 0 Å². The highest BCUT2D eigenvalue weighted by atomic mass is 32.2. The molecular weight excluding hydrogens is 589 g/mol. The van der Waals surface area contributed by atoms with E-state index in [1.54, 1.807) is 0 Å². The van der Waals surface area contributed by atoms with E-state index < -0.39 is 5.92 Å². The second-order valence-electron chi connectivity index (χ2n) is 13.0. The van der Waals surface area contributed by atoms with E-state index in [9.17, 15) is 9.59 Å². The lowest BCUT2D eigenvalue weighted by atomic mass is 9.87. The Labute approximate surface area is 262 Å². The first kappa shape index (κ1) is 30.7. The molecule has 1 amide bonds. The van der Waals surface area contributed by atoms with Crippen LogP contribution in [0.2, 0.25) is 0 Å². The van der Waals surface area contributed by atoms with Crippen LogP contribution in [-0.4, -0.2) is 120 Å². The van der Waals surface area contributed by atoms with Gasteiger partial charge in [0.05, 0.1) is 48.4 Å². The number of nitrogens with one attached hydrogen (secondary N) is 6. The number of ether oxygens (including phenoxy) is 1. The van der Waals surface area contributed by atoms with Crippen molar-refractivity contribution in [1.82, 2.24) is 41.9 Å². The molecule has 11 atom stereocenters. The summed E-state index contributed by atoms with van der Waals surface area (Å²) < 4.78 is 5.54. The van der Waals surface area contributed by atoms with Crippen LogP contribution >= 0.6 is 23.5 Å². The van der Waals surface area contributed by atoms with Crippen LogP contribution in [-0.2, 0) is 14.3 Å². The average Bonchev–Trinajstić information content (AvgIpc) is 3.67. The van der Waals surface area contributed by atoms with E-state index in [0.29, 0.717) is 23.9 Å². The molecule has 6 aliphatic heterocycles. The largest absolute Gasteiger partial charge is 0.378 e. The first-order chi connectivity index (χ1) is 21.0. The molecule has 1 aliphatic carbocycles. The van der Waals surface area contributed by atoms with Gasteiger partial charge in [-0.15, -0.1) is 23.5 Å². The van der Waals surface area contributed by atoms with E-state index in [1.165, 1.54) is 12.8 Å². The molecule has 13 nitrogen and oxygen atoms in total. The van der Waals surface area contributed by atoms with Crippen LogP contribution in [0.25, 0.3) is 0 Å². The third-order valence-corrected chi connectivity index (χ3v) is 13.6. The van der Waals surface area contributed by atoms with Crippen molar-refractivity contribution in [1.29, 1.82) is 0 Å². The monoisotopic (exact) mass is 636 g/mol. The molecule has 5 saturated heterocycles. The third-order valence-electron chi connectivity index (χ3n) is 10.4. The summed E-state index contributed by atoms with van der Waals surface area (Å²) in [5, 5.41) is 22.0. The average molecular weight is 637 g/mol. The van der Waals surface area contributed by atoms with Gasteiger partial charge in [0.2, 0.25) is 5.91 Å². The normalized spacial score (nSPS) is 44.1. The van der Waals surface area contributed by atoms with Crippen molar-refractivity contribution in [3.8, 4) is 0 Å². The highest BCUT2D eigenvalue weighted by molar-refractivity contribution is 8.07. The molecule has 10 N–H and O–H groups in total. The number of carbonyl (C=O) groups is 2. The number of hydrogen-bond donors (Lipinski definition) is 8. The van der Waals surface area contributed by atoms with Crippen LogP contribution in [0, 0.1) is 11.8 Å². The molecule has 6 fully saturated rings. The number of nitrogens with zero attached hydrogens (tertiary/aromatic N) is 2. The second-order valence-corrected chi connectivity index (χ2v) is 15.4. The first-order valence-electron chi connectivity index (χ1n) is 16.1. The number of amides is 1. The minimum absolute atomic E-state index is 0.0531. The fourth-order valence-electron chi connectivity index (χ4n) is 8.03. The van der Waals surface area contributed by atoms with Crippen molar-refractivity contribution in [2.45, 2.75) is 91.8 Å². The first-order valence-corrected chi connectivity index (χ1v) is 18.1. The minimum atomic E-state index is -0.451. The van der Waals surface area contributed by atoms with Gasteiger partial charge in [0.1, 0.15) is 6.29 Å². The lowest BCUT2D eigenvalue weighted by molar-refractivity contribution is -0.132. The van der Waals surface area contributed by atoms with Crippen LogP contribution < -0.4 is 43.5 Å². The predicted octanol–water partition coefficient (Wildman–Crippen LogP) is -1.85. The molecule has 240 valence electrons. The number of hydrogen-bond acceptors (Lipinski definition) is 14. The van der Waals surface area contributed by atoms with Crippen molar-refractivity contribution < 1.29 is 14.3 Å². The van der Waals surface area contributed by atoms with Crippen molar-refractivity contribution in [3.05, 3.63) is 11.1 Å². The molecule has 0 bridgehead atoms. The molecule has 0 radical (unpaired) electrons. The molecule has 0 aromatic heterocycles. The van der Waals surface area contributed by atoms with E-state index in [-0.39, 0.29) is 53.7 Å². The van der Waals surface area contributed by atoms with Gasteiger partial charge in [-0.25, -0.2) is 5.43 Å². The molecule has 7 rings (SSSR count). The Balaban J connectivity index is 0.977. The molecule has 0 spiro atoms. The summed E-state index contributed by atoms with van der Waals surface area (Å²) >= 11 is 3.74.